The van der Waals surface area contributed by atoms with Crippen LogP contribution in [0.1, 0.15) is 37.7 Å². The second-order valence-corrected chi connectivity index (χ2v) is 5.92. The Morgan fingerprint density at radius 1 is 1.35 bits per heavy atom. The van der Waals surface area contributed by atoms with Gasteiger partial charge in [-0.25, -0.2) is 0 Å². The third-order valence-electron chi connectivity index (χ3n) is 3.98. The van der Waals surface area contributed by atoms with Gasteiger partial charge >= 0.3 is 0 Å². The molecular weight excluding hydrogens is 274 g/mol. The van der Waals surface area contributed by atoms with E-state index in [0.29, 0.717) is 11.6 Å². The number of ether oxygens (including phenoxy) is 1. The molecule has 0 bridgehead atoms. The van der Waals surface area contributed by atoms with Crippen LogP contribution in [0.3, 0.4) is 0 Å². The van der Waals surface area contributed by atoms with Crippen molar-refractivity contribution in [3.05, 3.63) is 28.8 Å². The van der Waals surface area contributed by atoms with E-state index >= 15 is 0 Å². The van der Waals surface area contributed by atoms with Crippen LogP contribution in [0.4, 0.5) is 0 Å². The maximum atomic E-state index is 12.4. The zero-order valence-corrected chi connectivity index (χ0v) is 12.9. The fourth-order valence-electron chi connectivity index (χ4n) is 2.87. The molecule has 1 aromatic rings. The summed E-state index contributed by atoms with van der Waals surface area (Å²) in [5.74, 6) is 1.21. The lowest BCUT2D eigenvalue weighted by Gasteiger charge is -2.27. The average Bonchev–Trinajstić information content (AvgIpc) is 2.47. The summed E-state index contributed by atoms with van der Waals surface area (Å²) in [5.41, 5.74) is 0.951. The molecule has 3 nitrogen and oxygen atoms in total. The Labute approximate surface area is 125 Å². The zero-order chi connectivity index (χ0) is 14.5. The molecule has 1 aliphatic carbocycles. The first-order valence-corrected chi connectivity index (χ1v) is 7.57. The number of carbonyl (C=O) groups excluding carboxylic acids is 1. The summed E-state index contributed by atoms with van der Waals surface area (Å²) in [6, 6.07) is 5.51. The Hall–Kier alpha value is -1.22. The smallest absolute Gasteiger partial charge is 0.225 e. The van der Waals surface area contributed by atoms with Crippen molar-refractivity contribution in [2.45, 2.75) is 38.6 Å². The van der Waals surface area contributed by atoms with Gasteiger partial charge in [0, 0.05) is 30.1 Å². The van der Waals surface area contributed by atoms with Crippen LogP contribution in [0.25, 0.3) is 0 Å². The zero-order valence-electron chi connectivity index (χ0n) is 12.2. The van der Waals surface area contributed by atoms with E-state index in [1.807, 2.05) is 19.2 Å². The second-order valence-electron chi connectivity index (χ2n) is 5.49. The minimum absolute atomic E-state index is 0.193. The molecule has 1 fully saturated rings. The highest BCUT2D eigenvalue weighted by atomic mass is 35.5. The van der Waals surface area contributed by atoms with Gasteiger partial charge in [-0.1, -0.05) is 30.9 Å². The largest absolute Gasteiger partial charge is 0.496 e. The fraction of sp³-hybridized carbons (Fsp3) is 0.562. The summed E-state index contributed by atoms with van der Waals surface area (Å²) in [4.78, 5) is 14.2. The SMILES string of the molecule is COc1ccc(Cl)cc1CN(C)C(=O)C1CCCCC1. The highest BCUT2D eigenvalue weighted by Crippen LogP contribution is 2.27. The number of halogens is 1. The van der Waals surface area contributed by atoms with Crippen molar-refractivity contribution < 1.29 is 9.53 Å². The molecule has 0 atom stereocenters. The van der Waals surface area contributed by atoms with Crippen molar-refractivity contribution in [2.75, 3.05) is 14.2 Å². The quantitative estimate of drug-likeness (QED) is 0.843. The van der Waals surface area contributed by atoms with E-state index in [9.17, 15) is 4.79 Å². The fourth-order valence-corrected chi connectivity index (χ4v) is 3.06. The van der Waals surface area contributed by atoms with Crippen molar-refractivity contribution in [2.24, 2.45) is 5.92 Å². The average molecular weight is 296 g/mol. The highest BCUT2D eigenvalue weighted by molar-refractivity contribution is 6.30. The minimum atomic E-state index is 0.193. The number of carbonyl (C=O) groups is 1. The normalized spacial score (nSPS) is 15.9. The Morgan fingerprint density at radius 2 is 2.05 bits per heavy atom. The molecule has 4 heteroatoms. The van der Waals surface area contributed by atoms with Crippen LogP contribution in [-0.4, -0.2) is 25.0 Å². The first kappa shape index (κ1) is 15.2. The molecule has 1 saturated carbocycles. The molecule has 0 aromatic heterocycles. The van der Waals surface area contributed by atoms with Gasteiger partial charge in [0.25, 0.3) is 0 Å². The Balaban J connectivity index is 2.04. The second kappa shape index (κ2) is 6.98. The molecule has 20 heavy (non-hydrogen) atoms. The number of hydrogen-bond acceptors (Lipinski definition) is 2. The van der Waals surface area contributed by atoms with Crippen molar-refractivity contribution in [3.63, 3.8) is 0 Å². The van der Waals surface area contributed by atoms with Gasteiger partial charge in [0.1, 0.15) is 5.75 Å². The van der Waals surface area contributed by atoms with Crippen LogP contribution >= 0.6 is 11.6 Å². The minimum Gasteiger partial charge on any atom is -0.496 e. The molecular formula is C16H22ClNO2. The topological polar surface area (TPSA) is 29.5 Å². The highest BCUT2D eigenvalue weighted by Gasteiger charge is 2.24. The van der Waals surface area contributed by atoms with E-state index < -0.39 is 0 Å². The Bertz CT molecular complexity index is 470. The lowest BCUT2D eigenvalue weighted by atomic mass is 9.88. The van der Waals surface area contributed by atoms with E-state index in [-0.39, 0.29) is 11.8 Å². The first-order chi connectivity index (χ1) is 9.61. The number of benzene rings is 1. The summed E-state index contributed by atoms with van der Waals surface area (Å²) in [6.45, 7) is 0.541. The first-order valence-electron chi connectivity index (χ1n) is 7.19. The van der Waals surface area contributed by atoms with E-state index in [0.717, 1.165) is 24.2 Å². The van der Waals surface area contributed by atoms with Gasteiger partial charge in [-0.05, 0) is 31.0 Å². The summed E-state index contributed by atoms with van der Waals surface area (Å²) in [7, 11) is 3.49. The van der Waals surface area contributed by atoms with E-state index in [1.165, 1.54) is 19.3 Å². The Morgan fingerprint density at radius 3 is 2.70 bits per heavy atom. The monoisotopic (exact) mass is 295 g/mol. The van der Waals surface area contributed by atoms with Crippen molar-refractivity contribution >= 4 is 17.5 Å². The van der Waals surface area contributed by atoms with Crippen molar-refractivity contribution in [3.8, 4) is 5.75 Å². The third kappa shape index (κ3) is 3.66. The van der Waals surface area contributed by atoms with Gasteiger partial charge in [0.2, 0.25) is 5.91 Å². The molecule has 0 radical (unpaired) electrons. The third-order valence-corrected chi connectivity index (χ3v) is 4.22. The molecule has 0 saturated heterocycles. The van der Waals surface area contributed by atoms with Crippen LogP contribution in [0.2, 0.25) is 5.02 Å². The predicted molar refractivity (Wildman–Crippen MR) is 81.1 cm³/mol. The molecule has 1 amide bonds. The lowest BCUT2D eigenvalue weighted by molar-refractivity contribution is -0.135. The van der Waals surface area contributed by atoms with Gasteiger partial charge in [0.15, 0.2) is 0 Å². The molecule has 0 N–H and O–H groups in total. The molecule has 0 spiro atoms. The molecule has 2 rings (SSSR count). The summed E-state index contributed by atoms with van der Waals surface area (Å²) in [6.07, 6.45) is 5.65. The van der Waals surface area contributed by atoms with Gasteiger partial charge in [-0.3, -0.25) is 4.79 Å². The van der Waals surface area contributed by atoms with Gasteiger partial charge in [-0.15, -0.1) is 0 Å². The predicted octanol–water partition coefficient (Wildman–Crippen LogP) is 3.89. The van der Waals surface area contributed by atoms with Crippen molar-refractivity contribution in [1.29, 1.82) is 0 Å². The number of methoxy groups -OCH3 is 1. The van der Waals surface area contributed by atoms with Gasteiger partial charge in [0.05, 0.1) is 7.11 Å². The molecule has 0 heterocycles. The number of rotatable bonds is 4. The lowest BCUT2D eigenvalue weighted by Crippen LogP contribution is -2.33. The Kier molecular flexibility index (Phi) is 5.30. The molecule has 0 unspecified atom stereocenters. The van der Waals surface area contributed by atoms with Crippen LogP contribution in [0, 0.1) is 5.92 Å². The van der Waals surface area contributed by atoms with Crippen LogP contribution in [0.5, 0.6) is 5.75 Å². The molecule has 0 aliphatic heterocycles. The van der Waals surface area contributed by atoms with Crippen LogP contribution < -0.4 is 4.74 Å². The summed E-state index contributed by atoms with van der Waals surface area (Å²) >= 11 is 6.03. The molecule has 1 aromatic carbocycles. The standard InChI is InChI=1S/C16H22ClNO2/c1-18(16(19)12-6-4-3-5-7-12)11-13-10-14(17)8-9-15(13)20-2/h8-10,12H,3-7,11H2,1-2H3. The van der Waals surface area contributed by atoms with E-state index in [2.05, 4.69) is 0 Å². The maximum Gasteiger partial charge on any atom is 0.225 e. The van der Waals surface area contributed by atoms with Gasteiger partial charge in [-0.2, -0.15) is 0 Å². The van der Waals surface area contributed by atoms with Gasteiger partial charge < -0.3 is 9.64 Å². The number of hydrogen-bond donors (Lipinski definition) is 0. The summed E-state index contributed by atoms with van der Waals surface area (Å²) in [5, 5.41) is 0.666. The number of amides is 1. The maximum absolute atomic E-state index is 12.4. The van der Waals surface area contributed by atoms with Crippen molar-refractivity contribution in [1.82, 2.24) is 4.90 Å². The molecule has 110 valence electrons. The van der Waals surface area contributed by atoms with E-state index in [4.69, 9.17) is 16.3 Å². The van der Waals surface area contributed by atoms with Crippen LogP contribution in [-0.2, 0) is 11.3 Å². The van der Waals surface area contributed by atoms with Crippen LogP contribution in [0.15, 0.2) is 18.2 Å². The molecule has 1 aliphatic rings. The summed E-state index contributed by atoms with van der Waals surface area (Å²) < 4.78 is 5.33. The van der Waals surface area contributed by atoms with E-state index in [1.54, 1.807) is 18.1 Å². The number of nitrogens with zero attached hydrogens (tertiary/aromatic N) is 1.